The topological polar surface area (TPSA) is 35.2 Å². The molecule has 1 aromatic rings. The van der Waals surface area contributed by atoms with Crippen LogP contribution in [0.25, 0.3) is 0 Å². The highest BCUT2D eigenvalue weighted by Crippen LogP contribution is 2.45. The number of ether oxygens (including phenoxy) is 1. The Kier molecular flexibility index (Phi) is 2.84. The van der Waals surface area contributed by atoms with Gasteiger partial charge in [0.05, 0.1) is 7.11 Å². The average Bonchev–Trinajstić information content (AvgIpc) is 2.60. The molecule has 0 heterocycles. The molecule has 2 unspecified atom stereocenters. The minimum atomic E-state index is -1.55. The largest absolute Gasteiger partial charge is 0.496 e. The van der Waals surface area contributed by atoms with Crippen molar-refractivity contribution in [1.82, 2.24) is 0 Å². The highest BCUT2D eigenvalue weighted by atomic mass is 19.1. The first-order valence-corrected chi connectivity index (χ1v) is 5.34. The fourth-order valence-corrected chi connectivity index (χ4v) is 2.31. The van der Waals surface area contributed by atoms with Crippen LogP contribution in [-0.2, 0) is 5.67 Å². The van der Waals surface area contributed by atoms with Gasteiger partial charge in [-0.3, -0.25) is 0 Å². The fourth-order valence-electron chi connectivity index (χ4n) is 2.31. The predicted octanol–water partition coefficient (Wildman–Crippen LogP) is 2.51. The van der Waals surface area contributed by atoms with Crippen LogP contribution in [0.3, 0.4) is 0 Å². The zero-order valence-corrected chi connectivity index (χ0v) is 9.17. The van der Waals surface area contributed by atoms with Crippen molar-refractivity contribution < 1.29 is 13.5 Å². The first kappa shape index (κ1) is 11.3. The Labute approximate surface area is 93.4 Å². The second kappa shape index (κ2) is 4.01. The predicted molar refractivity (Wildman–Crippen MR) is 57.6 cm³/mol. The number of rotatable bonds is 2. The molecule has 0 bridgehead atoms. The third kappa shape index (κ3) is 1.89. The van der Waals surface area contributed by atoms with E-state index >= 15 is 0 Å². The normalized spacial score (nSPS) is 29.4. The molecule has 2 rings (SSSR count). The van der Waals surface area contributed by atoms with Crippen LogP contribution in [0.1, 0.15) is 24.8 Å². The van der Waals surface area contributed by atoms with E-state index in [2.05, 4.69) is 0 Å². The highest BCUT2D eigenvalue weighted by Gasteiger charge is 2.41. The third-order valence-electron chi connectivity index (χ3n) is 3.14. The summed E-state index contributed by atoms with van der Waals surface area (Å²) in [4.78, 5) is 0. The first-order chi connectivity index (χ1) is 7.55. The maximum atomic E-state index is 14.6. The zero-order valence-electron chi connectivity index (χ0n) is 9.17. The van der Waals surface area contributed by atoms with E-state index in [1.165, 1.54) is 25.3 Å². The van der Waals surface area contributed by atoms with Crippen molar-refractivity contribution in [2.75, 3.05) is 7.11 Å². The minimum Gasteiger partial charge on any atom is -0.496 e. The van der Waals surface area contributed by atoms with Gasteiger partial charge < -0.3 is 10.5 Å². The summed E-state index contributed by atoms with van der Waals surface area (Å²) in [5, 5.41) is 0. The van der Waals surface area contributed by atoms with Crippen molar-refractivity contribution in [1.29, 1.82) is 0 Å². The van der Waals surface area contributed by atoms with Crippen molar-refractivity contribution in [2.45, 2.75) is 31.0 Å². The van der Waals surface area contributed by atoms with Crippen LogP contribution >= 0.6 is 0 Å². The van der Waals surface area contributed by atoms with Crippen LogP contribution in [0.4, 0.5) is 8.78 Å². The molecule has 1 aliphatic carbocycles. The SMILES string of the molecule is COc1ccc(F)cc1C1(F)CCC(N)C1. The molecule has 16 heavy (non-hydrogen) atoms. The molecule has 1 aliphatic rings. The van der Waals surface area contributed by atoms with E-state index < -0.39 is 11.5 Å². The molecule has 2 N–H and O–H groups in total. The van der Waals surface area contributed by atoms with Gasteiger partial charge in [-0.2, -0.15) is 0 Å². The lowest BCUT2D eigenvalue weighted by atomic mass is 9.93. The lowest BCUT2D eigenvalue weighted by Crippen LogP contribution is -2.22. The van der Waals surface area contributed by atoms with Gasteiger partial charge in [0.2, 0.25) is 0 Å². The summed E-state index contributed by atoms with van der Waals surface area (Å²) in [7, 11) is 1.45. The van der Waals surface area contributed by atoms with E-state index in [1.54, 1.807) is 0 Å². The maximum absolute atomic E-state index is 14.6. The smallest absolute Gasteiger partial charge is 0.141 e. The summed E-state index contributed by atoms with van der Waals surface area (Å²) < 4.78 is 32.8. The quantitative estimate of drug-likeness (QED) is 0.842. The molecule has 0 aliphatic heterocycles. The number of hydrogen-bond donors (Lipinski definition) is 1. The molecule has 1 aromatic carbocycles. The van der Waals surface area contributed by atoms with Gasteiger partial charge in [-0.1, -0.05) is 0 Å². The van der Waals surface area contributed by atoms with Gasteiger partial charge in [-0.25, -0.2) is 8.78 Å². The van der Waals surface area contributed by atoms with Crippen LogP contribution in [0.15, 0.2) is 18.2 Å². The van der Waals surface area contributed by atoms with Crippen molar-refractivity contribution >= 4 is 0 Å². The second-order valence-corrected chi connectivity index (χ2v) is 4.31. The Morgan fingerprint density at radius 3 is 2.81 bits per heavy atom. The summed E-state index contributed by atoms with van der Waals surface area (Å²) in [6.07, 6.45) is 1.18. The van der Waals surface area contributed by atoms with Gasteiger partial charge in [0, 0.05) is 18.0 Å². The van der Waals surface area contributed by atoms with Gasteiger partial charge in [0.15, 0.2) is 0 Å². The summed E-state index contributed by atoms with van der Waals surface area (Å²) in [5.41, 5.74) is 4.43. The number of halogens is 2. The van der Waals surface area contributed by atoms with Crippen LogP contribution in [0.2, 0.25) is 0 Å². The molecule has 1 saturated carbocycles. The molecule has 4 heteroatoms. The van der Waals surface area contributed by atoms with Gasteiger partial charge >= 0.3 is 0 Å². The van der Waals surface area contributed by atoms with Gasteiger partial charge in [0.25, 0.3) is 0 Å². The fraction of sp³-hybridized carbons (Fsp3) is 0.500. The van der Waals surface area contributed by atoms with Gasteiger partial charge in [0.1, 0.15) is 17.2 Å². The standard InChI is InChI=1S/C12H15F2NO/c1-16-11-3-2-8(13)6-10(11)12(14)5-4-9(15)7-12/h2-3,6,9H,4-5,7,15H2,1H3. The highest BCUT2D eigenvalue weighted by molar-refractivity contribution is 5.39. The van der Waals surface area contributed by atoms with Crippen molar-refractivity contribution in [3.8, 4) is 5.75 Å². The van der Waals surface area contributed by atoms with E-state index in [1.807, 2.05) is 0 Å². The summed E-state index contributed by atoms with van der Waals surface area (Å²) >= 11 is 0. The third-order valence-corrected chi connectivity index (χ3v) is 3.14. The average molecular weight is 227 g/mol. The second-order valence-electron chi connectivity index (χ2n) is 4.31. The number of nitrogens with two attached hydrogens (primary N) is 1. The Morgan fingerprint density at radius 1 is 1.50 bits per heavy atom. The van der Waals surface area contributed by atoms with E-state index in [0.717, 1.165) is 0 Å². The van der Waals surface area contributed by atoms with E-state index in [9.17, 15) is 8.78 Å². The van der Waals surface area contributed by atoms with Crippen molar-refractivity contribution in [3.05, 3.63) is 29.6 Å². The first-order valence-electron chi connectivity index (χ1n) is 5.34. The molecule has 88 valence electrons. The molecular formula is C12H15F2NO. The Balaban J connectivity index is 2.42. The molecular weight excluding hydrogens is 212 g/mol. The summed E-state index contributed by atoms with van der Waals surface area (Å²) in [6, 6.07) is 3.77. The molecule has 1 fully saturated rings. The van der Waals surface area contributed by atoms with Crippen LogP contribution in [-0.4, -0.2) is 13.2 Å². The molecule has 0 radical (unpaired) electrons. The molecule has 0 amide bonds. The Bertz CT molecular complexity index is 397. The van der Waals surface area contributed by atoms with Crippen molar-refractivity contribution in [3.63, 3.8) is 0 Å². The van der Waals surface area contributed by atoms with Crippen molar-refractivity contribution in [2.24, 2.45) is 5.73 Å². The summed E-state index contributed by atoms with van der Waals surface area (Å²) in [6.45, 7) is 0. The Hall–Kier alpha value is -1.16. The molecule has 0 spiro atoms. The van der Waals surface area contributed by atoms with E-state index in [-0.39, 0.29) is 18.0 Å². The van der Waals surface area contributed by atoms with Crippen LogP contribution in [0, 0.1) is 5.82 Å². The minimum absolute atomic E-state index is 0.155. The monoisotopic (exact) mass is 227 g/mol. The number of alkyl halides is 1. The number of hydrogen-bond acceptors (Lipinski definition) is 2. The van der Waals surface area contributed by atoms with E-state index in [0.29, 0.717) is 18.6 Å². The molecule has 0 saturated heterocycles. The number of benzene rings is 1. The lowest BCUT2D eigenvalue weighted by molar-refractivity contribution is 0.166. The Morgan fingerprint density at radius 2 is 2.25 bits per heavy atom. The summed E-state index contributed by atoms with van der Waals surface area (Å²) in [5.74, 6) is -0.0636. The zero-order chi connectivity index (χ0) is 11.8. The molecule has 0 aromatic heterocycles. The van der Waals surface area contributed by atoms with Crippen LogP contribution < -0.4 is 10.5 Å². The number of methoxy groups -OCH3 is 1. The maximum Gasteiger partial charge on any atom is 0.141 e. The lowest BCUT2D eigenvalue weighted by Gasteiger charge is -2.22. The molecule has 2 atom stereocenters. The molecule has 2 nitrogen and oxygen atoms in total. The van der Waals surface area contributed by atoms with E-state index in [4.69, 9.17) is 10.5 Å². The van der Waals surface area contributed by atoms with Gasteiger partial charge in [-0.05, 0) is 31.0 Å². The van der Waals surface area contributed by atoms with Crippen LogP contribution in [0.5, 0.6) is 5.75 Å². The van der Waals surface area contributed by atoms with Gasteiger partial charge in [-0.15, -0.1) is 0 Å².